The molecule has 1 aliphatic carbocycles. The molecule has 1 fully saturated rings. The van der Waals surface area contributed by atoms with Gasteiger partial charge < -0.3 is 9.30 Å². The number of methoxy groups -OCH3 is 1. The molecule has 4 bridgehead atoms. The highest BCUT2D eigenvalue weighted by Crippen LogP contribution is 2.49. The smallest absolute Gasteiger partial charge is 0.319 e. The van der Waals surface area contributed by atoms with Crippen molar-refractivity contribution in [3.05, 3.63) is 48.2 Å². The van der Waals surface area contributed by atoms with E-state index in [9.17, 15) is 4.79 Å². The number of nitrogens with zero attached hydrogens (tertiary/aromatic N) is 2. The van der Waals surface area contributed by atoms with Crippen molar-refractivity contribution in [3.63, 3.8) is 0 Å². The lowest BCUT2D eigenvalue weighted by molar-refractivity contribution is -0.153. The summed E-state index contributed by atoms with van der Waals surface area (Å²) < 4.78 is 7.66. The Morgan fingerprint density at radius 2 is 2.13 bits per heavy atom. The number of ether oxygens (including phenoxy) is 1. The lowest BCUT2D eigenvalue weighted by Gasteiger charge is -2.50. The molecule has 118 valence electrons. The Labute approximate surface area is 135 Å². The van der Waals surface area contributed by atoms with Crippen molar-refractivity contribution in [2.75, 3.05) is 20.2 Å². The highest BCUT2D eigenvalue weighted by Gasteiger charge is 2.58. The minimum absolute atomic E-state index is 0.0903. The summed E-state index contributed by atoms with van der Waals surface area (Å²) in [5, 5.41) is 1.21. The molecule has 3 aliphatic heterocycles. The van der Waals surface area contributed by atoms with Gasteiger partial charge in [0, 0.05) is 36.9 Å². The van der Waals surface area contributed by atoms with E-state index in [-0.39, 0.29) is 12.0 Å². The van der Waals surface area contributed by atoms with Gasteiger partial charge in [0.05, 0.1) is 7.11 Å². The minimum atomic E-state index is -0.568. The summed E-state index contributed by atoms with van der Waals surface area (Å²) in [6.45, 7) is 2.97. The second-order valence-electron chi connectivity index (χ2n) is 6.99. The quantitative estimate of drug-likeness (QED) is 0.599. The number of fused-ring (bicyclic) bond motifs is 3. The predicted molar refractivity (Wildman–Crippen MR) is 88.2 cm³/mol. The Kier molecular flexibility index (Phi) is 2.61. The third-order valence-corrected chi connectivity index (χ3v) is 5.95. The molecule has 6 rings (SSSR count). The van der Waals surface area contributed by atoms with Crippen LogP contribution in [0, 0.1) is 5.92 Å². The van der Waals surface area contributed by atoms with Crippen molar-refractivity contribution in [1.29, 1.82) is 0 Å². The molecule has 4 heteroatoms. The SMILES string of the molecule is COC(=O)[C@]12C[C@@H]3C=C[C@H]1N(CCn1c2cc2ccccc21)C3. The fraction of sp³-hybridized carbons (Fsp3) is 0.421. The Hall–Kier alpha value is -2.07. The predicted octanol–water partition coefficient (Wildman–Crippen LogP) is 2.33. The van der Waals surface area contributed by atoms with E-state index in [4.69, 9.17) is 4.74 Å². The first kappa shape index (κ1) is 13.4. The highest BCUT2D eigenvalue weighted by atomic mass is 16.5. The number of esters is 1. The molecule has 0 N–H and O–H groups in total. The zero-order valence-electron chi connectivity index (χ0n) is 13.2. The van der Waals surface area contributed by atoms with Crippen LogP contribution in [0.5, 0.6) is 0 Å². The van der Waals surface area contributed by atoms with Crippen LogP contribution in [-0.4, -0.2) is 41.7 Å². The van der Waals surface area contributed by atoms with Gasteiger partial charge in [-0.05, 0) is 29.9 Å². The van der Waals surface area contributed by atoms with Gasteiger partial charge in [-0.15, -0.1) is 0 Å². The van der Waals surface area contributed by atoms with E-state index in [1.165, 1.54) is 18.0 Å². The van der Waals surface area contributed by atoms with Gasteiger partial charge in [0.15, 0.2) is 0 Å². The minimum Gasteiger partial charge on any atom is -0.468 e. The molecule has 23 heavy (non-hydrogen) atoms. The molecule has 1 unspecified atom stereocenters. The normalized spacial score (nSPS) is 34.2. The maximum absolute atomic E-state index is 13.0. The number of aromatic nitrogens is 1. The topological polar surface area (TPSA) is 34.5 Å². The number of piperidine rings is 1. The number of benzene rings is 1. The van der Waals surface area contributed by atoms with Crippen LogP contribution in [-0.2, 0) is 21.5 Å². The second-order valence-corrected chi connectivity index (χ2v) is 6.99. The average molecular weight is 308 g/mol. The standard InChI is InChI=1S/C19H20N2O2/c1-23-18(22)19-11-13-6-7-16(19)20(12-13)8-9-21-15-5-3-2-4-14(15)10-17(19)21/h2-7,10,13,16H,8-9,11-12H2,1H3/t13-,16+,19+/m0/s1. The van der Waals surface area contributed by atoms with Gasteiger partial charge in [-0.25, -0.2) is 0 Å². The number of hydrogen-bond donors (Lipinski definition) is 0. The number of carbonyl (C=O) groups is 1. The summed E-state index contributed by atoms with van der Waals surface area (Å²) in [5.74, 6) is 0.344. The second kappa shape index (κ2) is 4.48. The molecule has 1 saturated heterocycles. The van der Waals surface area contributed by atoms with E-state index >= 15 is 0 Å². The largest absolute Gasteiger partial charge is 0.468 e. The molecular weight excluding hydrogens is 288 g/mol. The molecule has 4 aliphatic rings. The van der Waals surface area contributed by atoms with Gasteiger partial charge in [-0.2, -0.15) is 0 Å². The number of rotatable bonds is 1. The molecule has 4 heterocycles. The Balaban J connectivity index is 1.84. The molecule has 1 aromatic heterocycles. The van der Waals surface area contributed by atoms with Crippen LogP contribution in [0.2, 0.25) is 0 Å². The lowest BCUT2D eigenvalue weighted by atomic mass is 9.64. The van der Waals surface area contributed by atoms with Gasteiger partial charge in [-0.1, -0.05) is 30.4 Å². The lowest BCUT2D eigenvalue weighted by Crippen LogP contribution is -2.61. The highest BCUT2D eigenvalue weighted by molar-refractivity contribution is 5.89. The van der Waals surface area contributed by atoms with Crippen molar-refractivity contribution >= 4 is 16.9 Å². The van der Waals surface area contributed by atoms with Crippen LogP contribution in [0.1, 0.15) is 12.1 Å². The van der Waals surface area contributed by atoms with Crippen molar-refractivity contribution in [2.24, 2.45) is 5.92 Å². The summed E-state index contributed by atoms with van der Waals surface area (Å²) in [5.41, 5.74) is 1.79. The van der Waals surface area contributed by atoms with Gasteiger partial charge >= 0.3 is 5.97 Å². The summed E-state index contributed by atoms with van der Waals surface area (Å²) >= 11 is 0. The van der Waals surface area contributed by atoms with Gasteiger partial charge in [0.25, 0.3) is 0 Å². The molecule has 0 radical (unpaired) electrons. The molecule has 0 saturated carbocycles. The third-order valence-electron chi connectivity index (χ3n) is 5.95. The van der Waals surface area contributed by atoms with Crippen LogP contribution < -0.4 is 0 Å². The first-order valence-corrected chi connectivity index (χ1v) is 8.33. The molecule has 1 aromatic carbocycles. The van der Waals surface area contributed by atoms with Crippen molar-refractivity contribution in [3.8, 4) is 0 Å². The van der Waals surface area contributed by atoms with Crippen molar-refractivity contribution in [1.82, 2.24) is 9.47 Å². The first-order valence-electron chi connectivity index (χ1n) is 8.33. The molecule has 0 amide bonds. The summed E-state index contributed by atoms with van der Waals surface area (Å²) in [4.78, 5) is 15.5. The first-order chi connectivity index (χ1) is 11.2. The molecule has 2 aromatic rings. The van der Waals surface area contributed by atoms with E-state index < -0.39 is 5.41 Å². The van der Waals surface area contributed by atoms with E-state index in [0.29, 0.717) is 5.92 Å². The van der Waals surface area contributed by atoms with Gasteiger partial charge in [0.2, 0.25) is 0 Å². The van der Waals surface area contributed by atoms with E-state index in [1.807, 2.05) is 0 Å². The molecule has 4 atom stereocenters. The van der Waals surface area contributed by atoms with Crippen LogP contribution >= 0.6 is 0 Å². The Morgan fingerprint density at radius 1 is 1.26 bits per heavy atom. The molecule has 0 spiro atoms. The Morgan fingerprint density at radius 3 is 2.96 bits per heavy atom. The number of hydrogen-bond acceptors (Lipinski definition) is 3. The zero-order valence-corrected chi connectivity index (χ0v) is 13.2. The van der Waals surface area contributed by atoms with Crippen LogP contribution in [0.3, 0.4) is 0 Å². The Bertz CT molecular complexity index is 837. The van der Waals surface area contributed by atoms with E-state index in [0.717, 1.165) is 31.7 Å². The molecular formula is C19H20N2O2. The fourth-order valence-electron chi connectivity index (χ4n) is 5.03. The number of carbonyl (C=O) groups excluding carboxylic acids is 1. The fourth-order valence-corrected chi connectivity index (χ4v) is 5.03. The maximum Gasteiger partial charge on any atom is 0.319 e. The third kappa shape index (κ3) is 1.57. The van der Waals surface area contributed by atoms with Crippen molar-refractivity contribution in [2.45, 2.75) is 24.4 Å². The summed E-state index contributed by atoms with van der Waals surface area (Å²) in [7, 11) is 1.52. The van der Waals surface area contributed by atoms with Crippen LogP contribution in [0.15, 0.2) is 42.5 Å². The number of para-hydroxylation sites is 1. The average Bonchev–Trinajstić information content (AvgIpc) is 2.94. The van der Waals surface area contributed by atoms with Gasteiger partial charge in [-0.3, -0.25) is 9.69 Å². The van der Waals surface area contributed by atoms with Crippen LogP contribution in [0.25, 0.3) is 10.9 Å². The van der Waals surface area contributed by atoms with E-state index in [2.05, 4.69) is 52.0 Å². The monoisotopic (exact) mass is 308 g/mol. The van der Waals surface area contributed by atoms with Gasteiger partial charge in [0.1, 0.15) is 5.41 Å². The maximum atomic E-state index is 13.0. The molecule has 4 nitrogen and oxygen atoms in total. The van der Waals surface area contributed by atoms with Crippen molar-refractivity contribution < 1.29 is 9.53 Å². The summed E-state index contributed by atoms with van der Waals surface area (Å²) in [6, 6.07) is 10.8. The van der Waals surface area contributed by atoms with E-state index in [1.54, 1.807) is 0 Å². The summed E-state index contributed by atoms with van der Waals surface area (Å²) in [6.07, 6.45) is 5.39. The van der Waals surface area contributed by atoms with Crippen LogP contribution in [0.4, 0.5) is 0 Å². The zero-order chi connectivity index (χ0) is 15.6.